The van der Waals surface area contributed by atoms with Crippen LogP contribution < -0.4 is 0 Å². The Kier molecular flexibility index (Phi) is 5.91. The molecule has 26 heavy (non-hydrogen) atoms. The standard InChI is InChI=1S/C20H28FN3O2/c1-22(2)19(15-7-6-8-16(21)13-15)20(26)23-11-12-24(18(25)14-23)17-9-4-3-5-10-17/h6-8,13,17,19H,3-5,9-12,14H2,1-2H3/t19-/m0/s1. The topological polar surface area (TPSA) is 43.9 Å². The Morgan fingerprint density at radius 3 is 2.54 bits per heavy atom. The van der Waals surface area contributed by atoms with Crippen molar-refractivity contribution in [3.8, 4) is 0 Å². The lowest BCUT2D eigenvalue weighted by Gasteiger charge is -2.41. The van der Waals surface area contributed by atoms with E-state index in [0.717, 1.165) is 12.8 Å². The number of nitrogens with zero attached hydrogens (tertiary/aromatic N) is 3. The first kappa shape index (κ1) is 18.8. The minimum atomic E-state index is -0.584. The van der Waals surface area contributed by atoms with Gasteiger partial charge in [-0.1, -0.05) is 31.4 Å². The number of carbonyl (C=O) groups excluding carboxylic acids is 2. The quantitative estimate of drug-likeness (QED) is 0.827. The molecule has 1 aliphatic heterocycles. The maximum Gasteiger partial charge on any atom is 0.245 e. The molecule has 142 valence electrons. The van der Waals surface area contributed by atoms with Crippen LogP contribution in [0.1, 0.15) is 43.7 Å². The van der Waals surface area contributed by atoms with E-state index < -0.39 is 6.04 Å². The molecule has 1 saturated carbocycles. The van der Waals surface area contributed by atoms with Crippen LogP contribution in [0.25, 0.3) is 0 Å². The normalized spacial score (nSPS) is 20.5. The van der Waals surface area contributed by atoms with Gasteiger partial charge in [0.15, 0.2) is 0 Å². The second kappa shape index (κ2) is 8.16. The SMILES string of the molecule is CN(C)[C@H](C(=O)N1CCN(C2CCCCC2)C(=O)C1)c1cccc(F)c1. The van der Waals surface area contributed by atoms with E-state index in [1.165, 1.54) is 31.4 Å². The van der Waals surface area contributed by atoms with Gasteiger partial charge in [-0.15, -0.1) is 0 Å². The smallest absolute Gasteiger partial charge is 0.245 e. The van der Waals surface area contributed by atoms with Gasteiger partial charge in [0.2, 0.25) is 11.8 Å². The van der Waals surface area contributed by atoms with Gasteiger partial charge in [0, 0.05) is 19.1 Å². The van der Waals surface area contributed by atoms with Crippen molar-refractivity contribution >= 4 is 11.8 Å². The lowest BCUT2D eigenvalue weighted by molar-refractivity contribution is -0.150. The van der Waals surface area contributed by atoms with E-state index >= 15 is 0 Å². The zero-order valence-electron chi connectivity index (χ0n) is 15.7. The predicted molar refractivity (Wildman–Crippen MR) is 98.0 cm³/mol. The summed E-state index contributed by atoms with van der Waals surface area (Å²) in [7, 11) is 3.60. The summed E-state index contributed by atoms with van der Waals surface area (Å²) in [6.07, 6.45) is 5.76. The van der Waals surface area contributed by atoms with Gasteiger partial charge < -0.3 is 9.80 Å². The largest absolute Gasteiger partial charge is 0.336 e. The highest BCUT2D eigenvalue weighted by Crippen LogP contribution is 2.26. The summed E-state index contributed by atoms with van der Waals surface area (Å²) in [5, 5.41) is 0. The summed E-state index contributed by atoms with van der Waals surface area (Å²) < 4.78 is 13.6. The highest BCUT2D eigenvalue weighted by molar-refractivity contribution is 5.89. The molecular weight excluding hydrogens is 333 g/mol. The van der Waals surface area contributed by atoms with E-state index in [4.69, 9.17) is 0 Å². The molecular formula is C20H28FN3O2. The number of benzene rings is 1. The van der Waals surface area contributed by atoms with E-state index in [0.29, 0.717) is 24.7 Å². The van der Waals surface area contributed by atoms with Gasteiger partial charge in [0.05, 0.1) is 6.54 Å². The van der Waals surface area contributed by atoms with Gasteiger partial charge in [-0.2, -0.15) is 0 Å². The van der Waals surface area contributed by atoms with Crippen LogP contribution in [-0.2, 0) is 9.59 Å². The van der Waals surface area contributed by atoms with E-state index in [1.807, 2.05) is 4.90 Å². The molecule has 1 saturated heterocycles. The summed E-state index contributed by atoms with van der Waals surface area (Å²) >= 11 is 0. The fourth-order valence-electron chi connectivity index (χ4n) is 4.16. The highest BCUT2D eigenvalue weighted by atomic mass is 19.1. The fourth-order valence-corrected chi connectivity index (χ4v) is 4.16. The van der Waals surface area contributed by atoms with Crippen LogP contribution in [0.2, 0.25) is 0 Å². The molecule has 1 aliphatic carbocycles. The van der Waals surface area contributed by atoms with Gasteiger partial charge in [-0.05, 0) is 44.6 Å². The molecule has 0 spiro atoms. The van der Waals surface area contributed by atoms with Gasteiger partial charge >= 0.3 is 0 Å². The van der Waals surface area contributed by atoms with Crippen LogP contribution in [0.4, 0.5) is 4.39 Å². The van der Waals surface area contributed by atoms with Gasteiger partial charge in [-0.25, -0.2) is 4.39 Å². The van der Waals surface area contributed by atoms with Crippen LogP contribution >= 0.6 is 0 Å². The van der Waals surface area contributed by atoms with Crippen LogP contribution in [0.5, 0.6) is 0 Å². The van der Waals surface area contributed by atoms with Gasteiger partial charge in [-0.3, -0.25) is 14.5 Å². The van der Waals surface area contributed by atoms with Crippen LogP contribution in [0.3, 0.4) is 0 Å². The predicted octanol–water partition coefficient (Wildman–Crippen LogP) is 2.43. The van der Waals surface area contributed by atoms with Crippen molar-refractivity contribution in [2.75, 3.05) is 33.7 Å². The van der Waals surface area contributed by atoms with Crippen LogP contribution in [0.15, 0.2) is 24.3 Å². The van der Waals surface area contributed by atoms with Gasteiger partial charge in [0.1, 0.15) is 11.9 Å². The van der Waals surface area contributed by atoms with Crippen molar-refractivity contribution in [1.29, 1.82) is 0 Å². The fraction of sp³-hybridized carbons (Fsp3) is 0.600. The number of hydrogen-bond donors (Lipinski definition) is 0. The van der Waals surface area contributed by atoms with E-state index in [9.17, 15) is 14.0 Å². The van der Waals surface area contributed by atoms with E-state index in [2.05, 4.69) is 0 Å². The molecule has 0 bridgehead atoms. The number of amides is 2. The second-order valence-corrected chi connectivity index (χ2v) is 7.56. The average Bonchev–Trinajstić information content (AvgIpc) is 2.62. The third kappa shape index (κ3) is 4.06. The number of hydrogen-bond acceptors (Lipinski definition) is 3. The maximum atomic E-state index is 13.6. The number of halogens is 1. The minimum absolute atomic E-state index is 0.0354. The van der Waals surface area contributed by atoms with Crippen molar-refractivity contribution < 1.29 is 14.0 Å². The molecule has 6 heteroatoms. The molecule has 2 amide bonds. The second-order valence-electron chi connectivity index (χ2n) is 7.56. The summed E-state index contributed by atoms with van der Waals surface area (Å²) in [4.78, 5) is 31.1. The number of piperazine rings is 1. The monoisotopic (exact) mass is 361 g/mol. The first-order valence-corrected chi connectivity index (χ1v) is 9.47. The Morgan fingerprint density at radius 1 is 1.19 bits per heavy atom. The van der Waals surface area contributed by atoms with E-state index in [-0.39, 0.29) is 24.2 Å². The molecule has 3 rings (SSSR count). The molecule has 0 unspecified atom stereocenters. The third-order valence-corrected chi connectivity index (χ3v) is 5.50. The third-order valence-electron chi connectivity index (χ3n) is 5.50. The highest BCUT2D eigenvalue weighted by Gasteiger charge is 2.35. The minimum Gasteiger partial charge on any atom is -0.336 e. The summed E-state index contributed by atoms with van der Waals surface area (Å²) in [5.74, 6) is -0.467. The van der Waals surface area contributed by atoms with Crippen molar-refractivity contribution in [2.24, 2.45) is 0 Å². The number of rotatable bonds is 4. The molecule has 1 aromatic carbocycles. The molecule has 1 heterocycles. The van der Waals surface area contributed by atoms with Gasteiger partial charge in [0.25, 0.3) is 0 Å². The number of likely N-dealkylation sites (N-methyl/N-ethyl adjacent to an activating group) is 1. The summed E-state index contributed by atoms with van der Waals surface area (Å²) in [6, 6.07) is 5.88. The first-order valence-electron chi connectivity index (χ1n) is 9.47. The Labute approximate surface area is 154 Å². The molecule has 5 nitrogen and oxygen atoms in total. The summed E-state index contributed by atoms with van der Waals surface area (Å²) in [6.45, 7) is 1.26. The molecule has 0 aromatic heterocycles. The summed E-state index contributed by atoms with van der Waals surface area (Å²) in [5.41, 5.74) is 0.613. The Hall–Kier alpha value is -1.95. The molecule has 0 radical (unpaired) electrons. The Balaban J connectivity index is 1.70. The number of carbonyl (C=O) groups is 2. The molecule has 2 aliphatic rings. The van der Waals surface area contributed by atoms with Crippen molar-refractivity contribution in [3.63, 3.8) is 0 Å². The van der Waals surface area contributed by atoms with Crippen LogP contribution in [-0.4, -0.2) is 66.3 Å². The maximum absolute atomic E-state index is 13.6. The Morgan fingerprint density at radius 2 is 1.92 bits per heavy atom. The zero-order valence-corrected chi connectivity index (χ0v) is 15.7. The van der Waals surface area contributed by atoms with Crippen molar-refractivity contribution in [2.45, 2.75) is 44.2 Å². The van der Waals surface area contributed by atoms with Crippen molar-refractivity contribution in [1.82, 2.24) is 14.7 Å². The zero-order chi connectivity index (χ0) is 18.7. The van der Waals surface area contributed by atoms with Crippen LogP contribution in [0, 0.1) is 5.82 Å². The Bertz CT molecular complexity index is 658. The molecule has 0 N–H and O–H groups in total. The molecule has 1 atom stereocenters. The molecule has 1 aromatic rings. The van der Waals surface area contributed by atoms with Crippen molar-refractivity contribution in [3.05, 3.63) is 35.6 Å². The lowest BCUT2D eigenvalue weighted by Crippen LogP contribution is -2.57. The molecule has 2 fully saturated rings. The first-order chi connectivity index (χ1) is 12.5. The lowest BCUT2D eigenvalue weighted by atomic mass is 9.93. The average molecular weight is 361 g/mol. The van der Waals surface area contributed by atoms with E-state index in [1.54, 1.807) is 36.0 Å².